The summed E-state index contributed by atoms with van der Waals surface area (Å²) in [5.74, 6) is 1.43. The van der Waals surface area contributed by atoms with Gasteiger partial charge in [0, 0.05) is 0 Å². The third kappa shape index (κ3) is 3.92. The van der Waals surface area contributed by atoms with Gasteiger partial charge in [0.15, 0.2) is 11.5 Å². The molecule has 3 heterocycles. The first-order chi connectivity index (χ1) is 15.6. The van der Waals surface area contributed by atoms with Crippen LogP contribution in [0.5, 0.6) is 17.2 Å². The molecule has 0 bridgehead atoms. The summed E-state index contributed by atoms with van der Waals surface area (Å²) in [6.45, 7) is 6.35. The van der Waals surface area contributed by atoms with Crippen molar-refractivity contribution in [1.29, 1.82) is 0 Å². The number of aliphatic hydroxyl groups is 1. The zero-order valence-corrected chi connectivity index (χ0v) is 17.9. The average Bonchev–Trinajstić information content (AvgIpc) is 2.82. The van der Waals surface area contributed by atoms with Gasteiger partial charge in [0.05, 0.1) is 23.1 Å². The lowest BCUT2D eigenvalue weighted by Gasteiger charge is -2.29. The van der Waals surface area contributed by atoms with Crippen LogP contribution in [-0.4, -0.2) is 62.8 Å². The van der Waals surface area contributed by atoms with E-state index in [0.29, 0.717) is 58.9 Å². The molecule has 0 spiro atoms. The summed E-state index contributed by atoms with van der Waals surface area (Å²) in [4.78, 5) is 16.0. The topological polar surface area (TPSA) is 98.0 Å². The van der Waals surface area contributed by atoms with Crippen molar-refractivity contribution in [1.82, 2.24) is 0 Å². The van der Waals surface area contributed by atoms with E-state index in [1.165, 1.54) is 16.1 Å². The Morgan fingerprint density at radius 3 is 2.47 bits per heavy atom. The van der Waals surface area contributed by atoms with E-state index in [0.717, 1.165) is 32.7 Å². The second-order valence-electron chi connectivity index (χ2n) is 8.43. The normalized spacial score (nSPS) is 20.4. The van der Waals surface area contributed by atoms with Crippen molar-refractivity contribution in [3.05, 3.63) is 52.4 Å². The van der Waals surface area contributed by atoms with Gasteiger partial charge in [-0.15, -0.1) is 0 Å². The molecule has 3 aromatic rings. The molecule has 0 saturated carbocycles. The lowest BCUT2D eigenvalue weighted by Crippen LogP contribution is -3.27. The molecule has 4 N–H and O–H groups in total. The van der Waals surface area contributed by atoms with Crippen LogP contribution in [0.3, 0.4) is 0 Å². The number of phenols is 1. The second kappa shape index (κ2) is 8.82. The summed E-state index contributed by atoms with van der Waals surface area (Å²) >= 11 is 0. The Labute approximate surface area is 185 Å². The maximum atomic E-state index is 13.3. The highest BCUT2D eigenvalue weighted by Crippen LogP contribution is 2.34. The fourth-order valence-electron chi connectivity index (χ4n) is 4.62. The molecule has 1 saturated heterocycles. The van der Waals surface area contributed by atoms with E-state index >= 15 is 0 Å². The van der Waals surface area contributed by atoms with Gasteiger partial charge in [-0.3, -0.25) is 4.79 Å². The molecule has 0 radical (unpaired) electrons. The quantitative estimate of drug-likeness (QED) is 0.415. The Kier molecular flexibility index (Phi) is 5.73. The van der Waals surface area contributed by atoms with E-state index in [1.54, 1.807) is 24.3 Å². The lowest BCUT2D eigenvalue weighted by atomic mass is 10.0. The average molecular weight is 440 g/mol. The molecule has 2 aliphatic rings. The molecule has 2 aliphatic heterocycles. The molecule has 1 fully saturated rings. The second-order valence-corrected chi connectivity index (χ2v) is 8.43. The van der Waals surface area contributed by atoms with Crippen LogP contribution in [0, 0.1) is 0 Å². The number of piperazine rings is 1. The van der Waals surface area contributed by atoms with Crippen molar-refractivity contribution in [3.63, 3.8) is 0 Å². The number of aromatic hydroxyl groups is 1. The van der Waals surface area contributed by atoms with Gasteiger partial charge in [0.25, 0.3) is 0 Å². The van der Waals surface area contributed by atoms with E-state index in [9.17, 15) is 9.90 Å². The van der Waals surface area contributed by atoms with Crippen molar-refractivity contribution < 1.29 is 33.9 Å². The maximum absolute atomic E-state index is 13.3. The van der Waals surface area contributed by atoms with E-state index in [1.807, 2.05) is 6.07 Å². The Hall–Kier alpha value is -3.07. The molecule has 168 valence electrons. The van der Waals surface area contributed by atoms with Crippen LogP contribution in [0.25, 0.3) is 22.1 Å². The molecular weight excluding hydrogens is 412 g/mol. The van der Waals surface area contributed by atoms with Gasteiger partial charge in [-0.1, -0.05) is 6.07 Å². The zero-order chi connectivity index (χ0) is 22.1. The summed E-state index contributed by atoms with van der Waals surface area (Å²) in [5, 5.41) is 20.1. The van der Waals surface area contributed by atoms with Gasteiger partial charge in [0.2, 0.25) is 5.43 Å². The third-order valence-electron chi connectivity index (χ3n) is 6.43. The SMILES string of the molecule is O=c1c(-c2ccc3c(c2)OCCO3)coc2c(C[NH+]3CC[NH+](CCO)CC3)c(O)ccc12. The highest BCUT2D eigenvalue weighted by molar-refractivity contribution is 5.85. The maximum Gasteiger partial charge on any atom is 0.200 e. The first-order valence-electron chi connectivity index (χ1n) is 11.1. The number of ether oxygens (including phenoxy) is 2. The summed E-state index contributed by atoms with van der Waals surface area (Å²) in [6.07, 6.45) is 1.47. The van der Waals surface area contributed by atoms with Crippen LogP contribution in [0.15, 0.2) is 45.8 Å². The number of fused-ring (bicyclic) bond motifs is 2. The monoisotopic (exact) mass is 440 g/mol. The van der Waals surface area contributed by atoms with Gasteiger partial charge < -0.3 is 33.9 Å². The fourth-order valence-corrected chi connectivity index (χ4v) is 4.62. The molecule has 0 atom stereocenters. The number of nitrogens with one attached hydrogen (secondary N) is 2. The minimum atomic E-state index is -0.142. The van der Waals surface area contributed by atoms with Crippen molar-refractivity contribution in [2.24, 2.45) is 0 Å². The Balaban J connectivity index is 1.46. The lowest BCUT2D eigenvalue weighted by molar-refractivity contribution is -1.02. The highest BCUT2D eigenvalue weighted by Gasteiger charge is 2.25. The molecular formula is C24H28N2O6+2. The number of hydrogen-bond acceptors (Lipinski definition) is 6. The minimum absolute atomic E-state index is 0.142. The number of phenolic OH excluding ortho intramolecular Hbond substituents is 1. The van der Waals surface area contributed by atoms with Crippen LogP contribution in [0.1, 0.15) is 5.56 Å². The number of quaternary nitrogens is 2. The number of aliphatic hydroxyl groups excluding tert-OH is 1. The largest absolute Gasteiger partial charge is 0.507 e. The number of hydrogen-bond donors (Lipinski definition) is 4. The van der Waals surface area contributed by atoms with Crippen LogP contribution in [-0.2, 0) is 6.54 Å². The van der Waals surface area contributed by atoms with E-state index in [-0.39, 0.29) is 17.8 Å². The van der Waals surface area contributed by atoms with Gasteiger partial charge in [-0.2, -0.15) is 0 Å². The standard InChI is InChI=1S/C24H26N2O6/c27-10-9-25-5-7-26(8-6-25)14-18-20(28)3-2-17-23(29)19(15-32-24(17)18)16-1-4-21-22(13-16)31-12-11-30-21/h1-4,13,15,27-28H,5-12,14H2/p+2. The predicted octanol–water partition coefficient (Wildman–Crippen LogP) is -0.787. The number of benzene rings is 2. The van der Waals surface area contributed by atoms with Gasteiger partial charge in [0.1, 0.15) is 70.1 Å². The molecule has 1 aromatic heterocycles. The molecule has 8 heteroatoms. The van der Waals surface area contributed by atoms with Crippen LogP contribution in [0.2, 0.25) is 0 Å². The highest BCUT2D eigenvalue weighted by atomic mass is 16.6. The van der Waals surface area contributed by atoms with Crippen LogP contribution in [0.4, 0.5) is 0 Å². The first-order valence-corrected chi connectivity index (χ1v) is 11.1. The molecule has 5 rings (SSSR count). The van der Waals surface area contributed by atoms with Crippen molar-refractivity contribution in [2.75, 3.05) is 52.5 Å². The molecule has 32 heavy (non-hydrogen) atoms. The molecule has 0 aliphatic carbocycles. The molecule has 8 nitrogen and oxygen atoms in total. The Bertz CT molecular complexity index is 1180. The first kappa shape index (κ1) is 20.8. The zero-order valence-electron chi connectivity index (χ0n) is 17.9. The van der Waals surface area contributed by atoms with E-state index in [4.69, 9.17) is 19.0 Å². The van der Waals surface area contributed by atoms with Crippen LogP contribution >= 0.6 is 0 Å². The van der Waals surface area contributed by atoms with Gasteiger partial charge in [-0.05, 0) is 29.8 Å². The Morgan fingerprint density at radius 2 is 1.69 bits per heavy atom. The smallest absolute Gasteiger partial charge is 0.200 e. The molecule has 0 amide bonds. The minimum Gasteiger partial charge on any atom is -0.507 e. The summed E-state index contributed by atoms with van der Waals surface area (Å²) in [7, 11) is 0. The molecule has 0 unspecified atom stereocenters. The number of rotatable bonds is 5. The summed E-state index contributed by atoms with van der Waals surface area (Å²) in [5.41, 5.74) is 2.10. The van der Waals surface area contributed by atoms with Crippen molar-refractivity contribution in [2.45, 2.75) is 6.54 Å². The van der Waals surface area contributed by atoms with Crippen molar-refractivity contribution >= 4 is 11.0 Å². The third-order valence-corrected chi connectivity index (χ3v) is 6.43. The van der Waals surface area contributed by atoms with Gasteiger partial charge >= 0.3 is 0 Å². The van der Waals surface area contributed by atoms with E-state index < -0.39 is 0 Å². The van der Waals surface area contributed by atoms with Crippen LogP contribution < -0.4 is 24.7 Å². The summed E-state index contributed by atoms with van der Waals surface area (Å²) in [6, 6.07) is 8.63. The van der Waals surface area contributed by atoms with Gasteiger partial charge in [-0.25, -0.2) is 0 Å². The van der Waals surface area contributed by atoms with E-state index in [2.05, 4.69) is 0 Å². The Morgan fingerprint density at radius 1 is 0.938 bits per heavy atom. The molecule has 2 aromatic carbocycles. The van der Waals surface area contributed by atoms with Crippen molar-refractivity contribution in [3.8, 4) is 28.4 Å². The fraction of sp³-hybridized carbons (Fsp3) is 0.375. The predicted molar refractivity (Wildman–Crippen MR) is 118 cm³/mol. The summed E-state index contributed by atoms with van der Waals surface area (Å²) < 4.78 is 17.2.